The van der Waals surface area contributed by atoms with E-state index >= 15 is 0 Å². The standard InChI is InChI=1S/C58H113NO4/c1-3-5-7-9-11-13-15-17-19-21-22-23-24-25-26-27-28-29-30-31-32-33-34-35-37-39-41-43-45-47-49-51-53-57(62)59-55(54-60)58(63)56(61)52-50-48-46-44-42-40-38-36-20-18-16-14-12-10-8-6-4-2/h25-26,44,46,55-56,58,60-61,63H,3-24,27-43,45,47-54H2,1-2H3,(H,59,62)/b26-25-,46-44+. The Kier molecular flexibility index (Phi) is 52.5. The molecule has 4 N–H and O–H groups in total. The van der Waals surface area contributed by atoms with Crippen LogP contribution in [-0.4, -0.2) is 46.1 Å². The van der Waals surface area contributed by atoms with Crippen LogP contribution in [-0.2, 0) is 4.79 Å². The summed E-state index contributed by atoms with van der Waals surface area (Å²) in [5.74, 6) is -0.149. The number of rotatable bonds is 53. The van der Waals surface area contributed by atoms with Gasteiger partial charge >= 0.3 is 0 Å². The molecule has 63 heavy (non-hydrogen) atoms. The van der Waals surface area contributed by atoms with E-state index in [0.717, 1.165) is 38.5 Å². The van der Waals surface area contributed by atoms with Crippen molar-refractivity contribution in [1.82, 2.24) is 5.32 Å². The lowest BCUT2D eigenvalue weighted by Crippen LogP contribution is -2.50. The van der Waals surface area contributed by atoms with Crippen molar-refractivity contribution in [3.05, 3.63) is 24.3 Å². The summed E-state index contributed by atoms with van der Waals surface area (Å²) in [5.41, 5.74) is 0. The largest absolute Gasteiger partial charge is 0.394 e. The van der Waals surface area contributed by atoms with Crippen LogP contribution in [0.2, 0.25) is 0 Å². The lowest BCUT2D eigenvalue weighted by atomic mass is 10.0. The van der Waals surface area contributed by atoms with Crippen LogP contribution in [0.1, 0.15) is 316 Å². The molecule has 0 saturated heterocycles. The van der Waals surface area contributed by atoms with Crippen molar-refractivity contribution in [3.63, 3.8) is 0 Å². The van der Waals surface area contributed by atoms with Gasteiger partial charge in [-0.3, -0.25) is 4.79 Å². The molecular weight excluding hydrogens is 775 g/mol. The van der Waals surface area contributed by atoms with Gasteiger partial charge in [0, 0.05) is 6.42 Å². The second kappa shape index (κ2) is 53.4. The number of carbonyl (C=O) groups is 1. The Morgan fingerprint density at radius 1 is 0.381 bits per heavy atom. The molecule has 0 aliphatic rings. The molecular formula is C58H113NO4. The fourth-order valence-electron chi connectivity index (χ4n) is 9.10. The smallest absolute Gasteiger partial charge is 0.220 e. The second-order valence-corrected chi connectivity index (χ2v) is 19.8. The average molecular weight is 889 g/mol. The van der Waals surface area contributed by atoms with Gasteiger partial charge in [0.15, 0.2) is 0 Å². The number of unbranched alkanes of at least 4 members (excludes halogenated alkanes) is 41. The normalized spacial score (nSPS) is 13.4. The van der Waals surface area contributed by atoms with E-state index in [1.54, 1.807) is 0 Å². The van der Waals surface area contributed by atoms with Crippen LogP contribution in [0, 0.1) is 0 Å². The van der Waals surface area contributed by atoms with Crippen LogP contribution < -0.4 is 5.32 Å². The molecule has 0 spiro atoms. The van der Waals surface area contributed by atoms with Crippen molar-refractivity contribution >= 4 is 5.91 Å². The molecule has 0 fully saturated rings. The van der Waals surface area contributed by atoms with Crippen molar-refractivity contribution in [2.75, 3.05) is 6.61 Å². The van der Waals surface area contributed by atoms with E-state index in [2.05, 4.69) is 43.5 Å². The number of carbonyl (C=O) groups excluding carboxylic acids is 1. The second-order valence-electron chi connectivity index (χ2n) is 19.8. The van der Waals surface area contributed by atoms with Crippen LogP contribution in [0.3, 0.4) is 0 Å². The van der Waals surface area contributed by atoms with Gasteiger partial charge in [-0.15, -0.1) is 0 Å². The molecule has 0 radical (unpaired) electrons. The van der Waals surface area contributed by atoms with Gasteiger partial charge in [-0.05, 0) is 64.2 Å². The lowest BCUT2D eigenvalue weighted by molar-refractivity contribution is -0.124. The Bertz CT molecular complexity index is 936. The highest BCUT2D eigenvalue weighted by Gasteiger charge is 2.26. The van der Waals surface area contributed by atoms with Crippen molar-refractivity contribution in [2.45, 2.75) is 334 Å². The molecule has 0 aromatic rings. The Hall–Kier alpha value is -1.17. The first-order valence-corrected chi connectivity index (χ1v) is 28.6. The van der Waals surface area contributed by atoms with E-state index < -0.39 is 18.2 Å². The van der Waals surface area contributed by atoms with E-state index in [1.165, 1.54) is 250 Å². The topological polar surface area (TPSA) is 89.8 Å². The minimum absolute atomic E-state index is 0.149. The molecule has 5 nitrogen and oxygen atoms in total. The molecule has 374 valence electrons. The van der Waals surface area contributed by atoms with Crippen molar-refractivity contribution < 1.29 is 20.1 Å². The zero-order chi connectivity index (χ0) is 45.8. The summed E-state index contributed by atoms with van der Waals surface area (Å²) in [5, 5.41) is 33.7. The molecule has 0 saturated carbocycles. The van der Waals surface area contributed by atoms with Gasteiger partial charge in [-0.25, -0.2) is 0 Å². The Balaban J connectivity index is 3.50. The van der Waals surface area contributed by atoms with Gasteiger partial charge in [0.1, 0.15) is 6.10 Å². The van der Waals surface area contributed by atoms with Gasteiger partial charge in [-0.2, -0.15) is 0 Å². The minimum atomic E-state index is -1.16. The van der Waals surface area contributed by atoms with E-state index in [-0.39, 0.29) is 12.5 Å². The number of amides is 1. The number of aliphatic hydroxyl groups excluding tert-OH is 3. The summed E-state index contributed by atoms with van der Waals surface area (Å²) in [6.45, 7) is 4.20. The van der Waals surface area contributed by atoms with Gasteiger partial charge < -0.3 is 20.6 Å². The zero-order valence-corrected chi connectivity index (χ0v) is 42.7. The molecule has 1 amide bonds. The first-order chi connectivity index (χ1) is 31.1. The summed E-state index contributed by atoms with van der Waals surface area (Å²) in [6, 6.07) is -0.824. The predicted octanol–water partition coefficient (Wildman–Crippen LogP) is 17.7. The van der Waals surface area contributed by atoms with Gasteiger partial charge in [-0.1, -0.05) is 269 Å². The maximum absolute atomic E-state index is 12.5. The van der Waals surface area contributed by atoms with E-state index in [1.807, 2.05) is 0 Å². The molecule has 3 atom stereocenters. The number of hydrogen-bond donors (Lipinski definition) is 4. The van der Waals surface area contributed by atoms with Crippen LogP contribution in [0.5, 0.6) is 0 Å². The number of aliphatic hydroxyl groups is 3. The molecule has 0 rings (SSSR count). The van der Waals surface area contributed by atoms with Crippen LogP contribution in [0.15, 0.2) is 24.3 Å². The van der Waals surface area contributed by atoms with Crippen LogP contribution in [0.25, 0.3) is 0 Å². The van der Waals surface area contributed by atoms with Gasteiger partial charge in [0.05, 0.1) is 18.8 Å². The average Bonchev–Trinajstić information content (AvgIpc) is 3.29. The molecule has 3 unspecified atom stereocenters. The predicted molar refractivity (Wildman–Crippen MR) is 278 cm³/mol. The number of hydrogen-bond acceptors (Lipinski definition) is 4. The quantitative estimate of drug-likeness (QED) is 0.0362. The number of allylic oxidation sites excluding steroid dienone is 4. The molecule has 0 aliphatic heterocycles. The van der Waals surface area contributed by atoms with Crippen molar-refractivity contribution in [1.29, 1.82) is 0 Å². The molecule has 0 bridgehead atoms. The first kappa shape index (κ1) is 61.8. The monoisotopic (exact) mass is 888 g/mol. The first-order valence-electron chi connectivity index (χ1n) is 28.6. The van der Waals surface area contributed by atoms with Gasteiger partial charge in [0.25, 0.3) is 0 Å². The highest BCUT2D eigenvalue weighted by Crippen LogP contribution is 2.17. The van der Waals surface area contributed by atoms with Crippen molar-refractivity contribution in [2.24, 2.45) is 0 Å². The summed E-state index contributed by atoms with van der Waals surface area (Å²) < 4.78 is 0. The molecule has 0 heterocycles. The van der Waals surface area contributed by atoms with E-state index in [4.69, 9.17) is 0 Å². The van der Waals surface area contributed by atoms with Crippen molar-refractivity contribution in [3.8, 4) is 0 Å². The summed E-state index contributed by atoms with van der Waals surface area (Å²) in [4.78, 5) is 12.5. The summed E-state index contributed by atoms with van der Waals surface area (Å²) >= 11 is 0. The SMILES string of the molecule is CCCCCCCCCCCCCC/C=C\CCCCCCCCCCCCCCCCCCC(=O)NC(CO)C(O)C(O)CCC/C=C/CCCCCCCCCCCCCC. The molecule has 0 aromatic heterocycles. The number of nitrogens with one attached hydrogen (secondary N) is 1. The third-order valence-electron chi connectivity index (χ3n) is 13.5. The molecule has 5 heteroatoms. The summed E-state index contributed by atoms with van der Waals surface area (Å²) in [6.07, 6.45) is 67.7. The lowest BCUT2D eigenvalue weighted by Gasteiger charge is -2.26. The summed E-state index contributed by atoms with van der Waals surface area (Å²) in [7, 11) is 0. The Morgan fingerprint density at radius 3 is 0.921 bits per heavy atom. The van der Waals surface area contributed by atoms with Gasteiger partial charge in [0.2, 0.25) is 5.91 Å². The molecule has 0 aliphatic carbocycles. The van der Waals surface area contributed by atoms with Crippen LogP contribution in [0.4, 0.5) is 0 Å². The maximum Gasteiger partial charge on any atom is 0.220 e. The highest BCUT2D eigenvalue weighted by atomic mass is 16.3. The minimum Gasteiger partial charge on any atom is -0.394 e. The highest BCUT2D eigenvalue weighted by molar-refractivity contribution is 5.76. The zero-order valence-electron chi connectivity index (χ0n) is 42.7. The third kappa shape index (κ3) is 48.6. The van der Waals surface area contributed by atoms with Crippen LogP contribution >= 0.6 is 0 Å². The molecule has 0 aromatic carbocycles. The maximum atomic E-state index is 12.5. The Morgan fingerprint density at radius 2 is 0.635 bits per heavy atom. The van der Waals surface area contributed by atoms with E-state index in [0.29, 0.717) is 12.8 Å². The fourth-order valence-corrected chi connectivity index (χ4v) is 9.10. The van der Waals surface area contributed by atoms with E-state index in [9.17, 15) is 20.1 Å². The Labute approximate surface area is 394 Å². The third-order valence-corrected chi connectivity index (χ3v) is 13.5. The fraction of sp³-hybridized carbons (Fsp3) is 0.914.